The molecule has 0 unspecified atom stereocenters. The molecule has 2 aliphatic rings. The van der Waals surface area contributed by atoms with Gasteiger partial charge in [-0.15, -0.1) is 11.3 Å². The van der Waals surface area contributed by atoms with E-state index < -0.39 is 0 Å². The highest BCUT2D eigenvalue weighted by Gasteiger charge is 2.39. The third-order valence-corrected chi connectivity index (χ3v) is 5.96. The number of benzene rings is 1. The van der Waals surface area contributed by atoms with Crippen LogP contribution in [0.1, 0.15) is 28.9 Å². The topological polar surface area (TPSA) is 54.0 Å². The van der Waals surface area contributed by atoms with Gasteiger partial charge in [0.15, 0.2) is 0 Å². The van der Waals surface area contributed by atoms with E-state index in [1.807, 2.05) is 24.3 Å². The number of nitrogens with one attached hydrogen (secondary N) is 2. The van der Waals surface area contributed by atoms with Crippen LogP contribution in [-0.4, -0.2) is 29.0 Å². The molecule has 0 spiro atoms. The standard InChI is InChI=1S/C16H16BrN3OS/c17-10-3-1-2-9(6-10)16-18-8-14(22-16)15(21)20-13-7-11-4-5-12(13)19-11/h1-3,6,8,11-13,19H,4-5,7H2,(H,20,21)/t11-,12+,13-/m1/s1. The SMILES string of the molecule is O=C(N[C@@H]1C[C@H]2CC[C@@H]1N2)c1cnc(-c2cccc(Br)c2)s1. The van der Waals surface area contributed by atoms with E-state index in [0.717, 1.165) is 21.5 Å². The van der Waals surface area contributed by atoms with Crippen LogP contribution >= 0.6 is 27.3 Å². The fourth-order valence-electron chi connectivity index (χ4n) is 3.36. The lowest BCUT2D eigenvalue weighted by molar-refractivity contribution is 0.0935. The molecule has 1 aromatic carbocycles. The Balaban J connectivity index is 1.48. The highest BCUT2D eigenvalue weighted by atomic mass is 79.9. The second-order valence-electron chi connectivity index (χ2n) is 5.90. The monoisotopic (exact) mass is 377 g/mol. The summed E-state index contributed by atoms with van der Waals surface area (Å²) in [7, 11) is 0. The van der Waals surface area contributed by atoms with Crippen molar-refractivity contribution in [1.82, 2.24) is 15.6 Å². The molecule has 2 bridgehead atoms. The molecular weight excluding hydrogens is 362 g/mol. The first-order valence-electron chi connectivity index (χ1n) is 7.48. The van der Waals surface area contributed by atoms with E-state index in [4.69, 9.17) is 0 Å². The third kappa shape index (κ3) is 2.71. The normalized spacial score (nSPS) is 26.3. The number of hydrogen-bond donors (Lipinski definition) is 2. The summed E-state index contributed by atoms with van der Waals surface area (Å²) in [5.74, 6) is -0.00176. The first kappa shape index (κ1) is 14.4. The molecule has 2 N–H and O–H groups in total. The zero-order valence-corrected chi connectivity index (χ0v) is 14.3. The van der Waals surface area contributed by atoms with Crippen molar-refractivity contribution in [3.63, 3.8) is 0 Å². The molecular formula is C16H16BrN3OS. The summed E-state index contributed by atoms with van der Waals surface area (Å²) in [6.07, 6.45) is 5.14. The van der Waals surface area contributed by atoms with Crippen LogP contribution < -0.4 is 10.6 Å². The van der Waals surface area contributed by atoms with Crippen LogP contribution in [-0.2, 0) is 0 Å². The minimum Gasteiger partial charge on any atom is -0.347 e. The first-order chi connectivity index (χ1) is 10.7. The predicted octanol–water partition coefficient (Wildman–Crippen LogP) is 3.20. The van der Waals surface area contributed by atoms with E-state index in [-0.39, 0.29) is 11.9 Å². The molecule has 3 atom stereocenters. The third-order valence-electron chi connectivity index (χ3n) is 4.42. The minimum absolute atomic E-state index is 0.00176. The molecule has 4 rings (SSSR count). The van der Waals surface area contributed by atoms with Crippen LogP contribution in [0, 0.1) is 0 Å². The molecule has 2 fully saturated rings. The Morgan fingerprint density at radius 1 is 1.41 bits per heavy atom. The second-order valence-corrected chi connectivity index (χ2v) is 7.85. The highest BCUT2D eigenvalue weighted by Crippen LogP contribution is 2.30. The van der Waals surface area contributed by atoms with Gasteiger partial charge in [-0.3, -0.25) is 4.79 Å². The molecule has 2 saturated heterocycles. The highest BCUT2D eigenvalue weighted by molar-refractivity contribution is 9.10. The van der Waals surface area contributed by atoms with Crippen molar-refractivity contribution in [3.8, 4) is 10.6 Å². The van der Waals surface area contributed by atoms with Crippen molar-refractivity contribution in [2.24, 2.45) is 0 Å². The molecule has 2 aliphatic heterocycles. The van der Waals surface area contributed by atoms with Crippen LogP contribution in [0.3, 0.4) is 0 Å². The Hall–Kier alpha value is -1.24. The Morgan fingerprint density at radius 2 is 2.32 bits per heavy atom. The molecule has 6 heteroatoms. The van der Waals surface area contributed by atoms with Crippen molar-refractivity contribution in [1.29, 1.82) is 0 Å². The molecule has 114 valence electrons. The molecule has 22 heavy (non-hydrogen) atoms. The maximum atomic E-state index is 12.4. The Labute approximate surface area is 141 Å². The Morgan fingerprint density at radius 3 is 3.05 bits per heavy atom. The summed E-state index contributed by atoms with van der Waals surface area (Å²) in [5, 5.41) is 7.58. The Bertz CT molecular complexity index is 717. The summed E-state index contributed by atoms with van der Waals surface area (Å²) in [6, 6.07) is 9.28. The number of rotatable bonds is 3. The fraction of sp³-hybridized carbons (Fsp3) is 0.375. The lowest BCUT2D eigenvalue weighted by atomic mass is 9.95. The summed E-state index contributed by atoms with van der Waals surface area (Å²) in [4.78, 5) is 17.5. The minimum atomic E-state index is -0.00176. The van der Waals surface area contributed by atoms with Crippen LogP contribution in [0.4, 0.5) is 0 Å². The zero-order chi connectivity index (χ0) is 15.1. The molecule has 1 aromatic heterocycles. The fourth-order valence-corrected chi connectivity index (χ4v) is 4.57. The van der Waals surface area contributed by atoms with Crippen molar-refractivity contribution in [2.75, 3.05) is 0 Å². The molecule has 4 nitrogen and oxygen atoms in total. The maximum absolute atomic E-state index is 12.4. The average molecular weight is 378 g/mol. The van der Waals surface area contributed by atoms with Crippen LogP contribution in [0.15, 0.2) is 34.9 Å². The van der Waals surface area contributed by atoms with Crippen molar-refractivity contribution >= 4 is 33.2 Å². The van der Waals surface area contributed by atoms with E-state index in [1.54, 1.807) is 6.20 Å². The van der Waals surface area contributed by atoms with Gasteiger partial charge in [0.05, 0.1) is 6.20 Å². The molecule has 0 radical (unpaired) electrons. The number of fused-ring (bicyclic) bond motifs is 2. The molecule has 3 heterocycles. The van der Waals surface area contributed by atoms with Crippen molar-refractivity contribution in [3.05, 3.63) is 39.8 Å². The summed E-state index contributed by atoms with van der Waals surface area (Å²) >= 11 is 4.90. The average Bonchev–Trinajstić information content (AvgIpc) is 3.23. The van der Waals surface area contributed by atoms with Crippen LogP contribution in [0.5, 0.6) is 0 Å². The van der Waals surface area contributed by atoms with Gasteiger partial charge in [-0.25, -0.2) is 4.98 Å². The van der Waals surface area contributed by atoms with E-state index in [2.05, 4.69) is 31.5 Å². The van der Waals surface area contributed by atoms with E-state index in [0.29, 0.717) is 17.0 Å². The molecule has 2 aromatic rings. The van der Waals surface area contributed by atoms with Crippen molar-refractivity contribution in [2.45, 2.75) is 37.4 Å². The summed E-state index contributed by atoms with van der Waals surface area (Å²) < 4.78 is 1.01. The van der Waals surface area contributed by atoms with Gasteiger partial charge in [0.25, 0.3) is 5.91 Å². The molecule has 1 amide bonds. The number of aromatic nitrogens is 1. The molecule has 0 saturated carbocycles. The summed E-state index contributed by atoms with van der Waals surface area (Å²) in [5.41, 5.74) is 1.03. The zero-order valence-electron chi connectivity index (χ0n) is 11.9. The number of carbonyl (C=O) groups excluding carboxylic acids is 1. The number of amides is 1. The Kier molecular flexibility index (Phi) is 3.76. The van der Waals surface area contributed by atoms with E-state index in [9.17, 15) is 4.79 Å². The van der Waals surface area contributed by atoms with Gasteiger partial charge in [-0.05, 0) is 31.4 Å². The largest absolute Gasteiger partial charge is 0.347 e. The first-order valence-corrected chi connectivity index (χ1v) is 9.09. The van der Waals surface area contributed by atoms with Gasteiger partial charge in [0.1, 0.15) is 9.88 Å². The number of thiazole rings is 1. The summed E-state index contributed by atoms with van der Waals surface area (Å²) in [6.45, 7) is 0. The smallest absolute Gasteiger partial charge is 0.263 e. The van der Waals surface area contributed by atoms with Gasteiger partial charge in [0, 0.05) is 28.2 Å². The van der Waals surface area contributed by atoms with Gasteiger partial charge in [-0.2, -0.15) is 0 Å². The second kappa shape index (κ2) is 5.76. The van der Waals surface area contributed by atoms with E-state index in [1.165, 1.54) is 24.2 Å². The van der Waals surface area contributed by atoms with Crippen LogP contribution in [0.2, 0.25) is 0 Å². The maximum Gasteiger partial charge on any atom is 0.263 e. The van der Waals surface area contributed by atoms with Gasteiger partial charge in [-0.1, -0.05) is 28.1 Å². The van der Waals surface area contributed by atoms with Gasteiger partial charge in [0.2, 0.25) is 0 Å². The lowest BCUT2D eigenvalue weighted by Crippen LogP contribution is -2.42. The number of carbonyl (C=O) groups is 1. The van der Waals surface area contributed by atoms with Crippen molar-refractivity contribution < 1.29 is 4.79 Å². The van der Waals surface area contributed by atoms with Gasteiger partial charge >= 0.3 is 0 Å². The van der Waals surface area contributed by atoms with E-state index >= 15 is 0 Å². The van der Waals surface area contributed by atoms with Crippen LogP contribution in [0.25, 0.3) is 10.6 Å². The lowest BCUT2D eigenvalue weighted by Gasteiger charge is -2.20. The number of halogens is 1. The number of nitrogens with zero attached hydrogens (tertiary/aromatic N) is 1. The molecule has 0 aliphatic carbocycles. The van der Waals surface area contributed by atoms with Gasteiger partial charge < -0.3 is 10.6 Å². The quantitative estimate of drug-likeness (QED) is 0.863. The predicted molar refractivity (Wildman–Crippen MR) is 91.1 cm³/mol. The number of hydrogen-bond acceptors (Lipinski definition) is 4.